The fourth-order valence-electron chi connectivity index (χ4n) is 2.72. The summed E-state index contributed by atoms with van der Waals surface area (Å²) in [6.07, 6.45) is 1.23. The van der Waals surface area contributed by atoms with Gasteiger partial charge in [-0.2, -0.15) is 0 Å². The quantitative estimate of drug-likeness (QED) is 0.861. The van der Waals surface area contributed by atoms with E-state index < -0.39 is 0 Å². The summed E-state index contributed by atoms with van der Waals surface area (Å²) in [5, 5.41) is 3.49. The molecule has 0 spiro atoms. The van der Waals surface area contributed by atoms with E-state index >= 15 is 0 Å². The van der Waals surface area contributed by atoms with Crippen molar-refractivity contribution < 1.29 is 0 Å². The molecular weight excluding hydrogens is 208 g/mol. The maximum absolute atomic E-state index is 3.49. The van der Waals surface area contributed by atoms with Crippen LogP contribution >= 0.6 is 0 Å². The van der Waals surface area contributed by atoms with Gasteiger partial charge in [0.25, 0.3) is 0 Å². The minimum atomic E-state index is 0.697. The molecule has 1 aliphatic heterocycles. The van der Waals surface area contributed by atoms with Crippen LogP contribution in [0.4, 0.5) is 0 Å². The summed E-state index contributed by atoms with van der Waals surface area (Å²) in [5.41, 5.74) is 4.38. The third-order valence-corrected chi connectivity index (χ3v) is 3.95. The molecule has 1 aromatic carbocycles. The van der Waals surface area contributed by atoms with Gasteiger partial charge in [-0.3, -0.25) is 4.90 Å². The minimum absolute atomic E-state index is 0.697. The Morgan fingerprint density at radius 2 is 2.00 bits per heavy atom. The van der Waals surface area contributed by atoms with Crippen LogP contribution in [0.25, 0.3) is 0 Å². The predicted molar refractivity (Wildman–Crippen MR) is 73.3 cm³/mol. The van der Waals surface area contributed by atoms with E-state index in [9.17, 15) is 0 Å². The van der Waals surface area contributed by atoms with E-state index in [4.69, 9.17) is 0 Å². The minimum Gasteiger partial charge on any atom is -0.314 e. The molecule has 94 valence electrons. The Balaban J connectivity index is 2.13. The first-order chi connectivity index (χ1) is 8.22. The fourth-order valence-corrected chi connectivity index (χ4v) is 2.72. The van der Waals surface area contributed by atoms with Gasteiger partial charge in [-0.15, -0.1) is 0 Å². The first-order valence-corrected chi connectivity index (χ1v) is 6.72. The molecule has 0 amide bonds. The second-order valence-corrected chi connectivity index (χ2v) is 5.11. The third-order valence-electron chi connectivity index (χ3n) is 3.95. The van der Waals surface area contributed by atoms with Crippen molar-refractivity contribution in [2.75, 3.05) is 19.6 Å². The molecule has 2 heteroatoms. The Bertz CT molecular complexity index is 353. The average molecular weight is 232 g/mol. The van der Waals surface area contributed by atoms with Crippen LogP contribution in [-0.2, 0) is 6.54 Å². The SMILES string of the molecule is CCC1CNCCN1Cc1c(C)cccc1C. The molecular formula is C15H24N2. The lowest BCUT2D eigenvalue weighted by Crippen LogP contribution is -2.50. The van der Waals surface area contributed by atoms with E-state index in [2.05, 4.69) is 49.2 Å². The monoisotopic (exact) mass is 232 g/mol. The summed E-state index contributed by atoms with van der Waals surface area (Å²) in [5.74, 6) is 0. The molecule has 1 fully saturated rings. The smallest absolute Gasteiger partial charge is 0.0243 e. The average Bonchev–Trinajstić information content (AvgIpc) is 2.34. The van der Waals surface area contributed by atoms with Gasteiger partial charge in [-0.05, 0) is 37.0 Å². The molecule has 0 aromatic heterocycles. The van der Waals surface area contributed by atoms with E-state index in [1.807, 2.05) is 0 Å². The second kappa shape index (κ2) is 5.65. The summed E-state index contributed by atoms with van der Waals surface area (Å²) in [4.78, 5) is 2.63. The van der Waals surface area contributed by atoms with Crippen LogP contribution in [0.15, 0.2) is 18.2 Å². The number of aryl methyl sites for hydroxylation is 2. The van der Waals surface area contributed by atoms with Gasteiger partial charge >= 0.3 is 0 Å². The first-order valence-electron chi connectivity index (χ1n) is 6.72. The fraction of sp³-hybridized carbons (Fsp3) is 0.600. The van der Waals surface area contributed by atoms with Crippen molar-refractivity contribution in [2.24, 2.45) is 0 Å². The number of piperazine rings is 1. The topological polar surface area (TPSA) is 15.3 Å². The van der Waals surface area contributed by atoms with Crippen LogP contribution in [0.5, 0.6) is 0 Å². The maximum atomic E-state index is 3.49. The summed E-state index contributed by atoms with van der Waals surface area (Å²) in [6, 6.07) is 7.31. The summed E-state index contributed by atoms with van der Waals surface area (Å²) in [7, 11) is 0. The Morgan fingerprint density at radius 1 is 1.29 bits per heavy atom. The second-order valence-electron chi connectivity index (χ2n) is 5.11. The van der Waals surface area contributed by atoms with Gasteiger partial charge in [0, 0.05) is 32.2 Å². The highest BCUT2D eigenvalue weighted by molar-refractivity contribution is 5.33. The van der Waals surface area contributed by atoms with Crippen molar-refractivity contribution >= 4 is 0 Å². The van der Waals surface area contributed by atoms with Gasteiger partial charge in [0.1, 0.15) is 0 Å². The summed E-state index contributed by atoms with van der Waals surface area (Å²) >= 11 is 0. The van der Waals surface area contributed by atoms with Crippen LogP contribution in [0.2, 0.25) is 0 Å². The summed E-state index contributed by atoms with van der Waals surface area (Å²) in [6.45, 7) is 11.3. The lowest BCUT2D eigenvalue weighted by molar-refractivity contribution is 0.148. The number of nitrogens with zero attached hydrogens (tertiary/aromatic N) is 1. The van der Waals surface area contributed by atoms with E-state index in [-0.39, 0.29) is 0 Å². The van der Waals surface area contributed by atoms with Crippen LogP contribution in [0, 0.1) is 13.8 Å². The van der Waals surface area contributed by atoms with Gasteiger partial charge in [-0.1, -0.05) is 25.1 Å². The van der Waals surface area contributed by atoms with Gasteiger partial charge < -0.3 is 5.32 Å². The highest BCUT2D eigenvalue weighted by Gasteiger charge is 2.21. The molecule has 1 saturated heterocycles. The normalized spacial score (nSPS) is 21.7. The number of hydrogen-bond donors (Lipinski definition) is 1. The number of nitrogens with one attached hydrogen (secondary N) is 1. The zero-order valence-corrected chi connectivity index (χ0v) is 11.3. The van der Waals surface area contributed by atoms with Crippen LogP contribution in [0.1, 0.15) is 30.0 Å². The molecule has 17 heavy (non-hydrogen) atoms. The highest BCUT2D eigenvalue weighted by atomic mass is 15.2. The van der Waals surface area contributed by atoms with Crippen molar-refractivity contribution in [3.63, 3.8) is 0 Å². The molecule has 2 nitrogen and oxygen atoms in total. The Hall–Kier alpha value is -0.860. The molecule has 1 N–H and O–H groups in total. The van der Waals surface area contributed by atoms with E-state index in [0.717, 1.165) is 19.6 Å². The van der Waals surface area contributed by atoms with Crippen LogP contribution < -0.4 is 5.32 Å². The molecule has 2 rings (SSSR count). The van der Waals surface area contributed by atoms with E-state index in [0.29, 0.717) is 6.04 Å². The molecule has 1 aromatic rings. The molecule has 1 heterocycles. The lowest BCUT2D eigenvalue weighted by atomic mass is 10.0. The largest absolute Gasteiger partial charge is 0.314 e. The Kier molecular flexibility index (Phi) is 4.19. The van der Waals surface area contributed by atoms with E-state index in [1.54, 1.807) is 0 Å². The predicted octanol–water partition coefficient (Wildman–Crippen LogP) is 2.49. The molecule has 0 bridgehead atoms. The van der Waals surface area contributed by atoms with Crippen molar-refractivity contribution in [3.8, 4) is 0 Å². The molecule has 0 saturated carbocycles. The molecule has 1 aliphatic rings. The zero-order chi connectivity index (χ0) is 12.3. The van der Waals surface area contributed by atoms with E-state index in [1.165, 1.54) is 29.7 Å². The standard InChI is InChI=1S/C15H24N2/c1-4-14-10-16-8-9-17(14)11-15-12(2)6-5-7-13(15)3/h5-7,14,16H,4,8-11H2,1-3H3. The Morgan fingerprint density at radius 3 is 2.65 bits per heavy atom. The van der Waals surface area contributed by atoms with Gasteiger partial charge in [0.2, 0.25) is 0 Å². The van der Waals surface area contributed by atoms with Crippen molar-refractivity contribution in [3.05, 3.63) is 34.9 Å². The number of rotatable bonds is 3. The van der Waals surface area contributed by atoms with Crippen LogP contribution in [0.3, 0.4) is 0 Å². The highest BCUT2D eigenvalue weighted by Crippen LogP contribution is 2.18. The third kappa shape index (κ3) is 2.88. The molecule has 0 radical (unpaired) electrons. The van der Waals surface area contributed by atoms with Crippen molar-refractivity contribution in [1.29, 1.82) is 0 Å². The van der Waals surface area contributed by atoms with Crippen molar-refractivity contribution in [2.45, 2.75) is 39.8 Å². The molecule has 1 atom stereocenters. The van der Waals surface area contributed by atoms with Gasteiger partial charge in [-0.25, -0.2) is 0 Å². The zero-order valence-electron chi connectivity index (χ0n) is 11.3. The lowest BCUT2D eigenvalue weighted by Gasteiger charge is -2.36. The molecule has 0 aliphatic carbocycles. The maximum Gasteiger partial charge on any atom is 0.0243 e. The number of benzene rings is 1. The number of hydrogen-bond acceptors (Lipinski definition) is 2. The van der Waals surface area contributed by atoms with Crippen LogP contribution in [-0.4, -0.2) is 30.6 Å². The first kappa shape index (κ1) is 12.6. The van der Waals surface area contributed by atoms with Gasteiger partial charge in [0.05, 0.1) is 0 Å². The molecule has 1 unspecified atom stereocenters. The summed E-state index contributed by atoms with van der Waals surface area (Å²) < 4.78 is 0. The Labute approximate surface area is 105 Å². The van der Waals surface area contributed by atoms with Crippen molar-refractivity contribution in [1.82, 2.24) is 10.2 Å². The van der Waals surface area contributed by atoms with Gasteiger partial charge in [0.15, 0.2) is 0 Å².